The Balaban J connectivity index is 3.03. The minimum absolute atomic E-state index is 0.216. The van der Waals surface area contributed by atoms with Crippen molar-refractivity contribution in [2.24, 2.45) is 0 Å². The Hall–Kier alpha value is -0.660. The highest BCUT2D eigenvalue weighted by Gasteiger charge is 2.29. The van der Waals surface area contributed by atoms with Crippen LogP contribution in [0.25, 0.3) is 0 Å². The van der Waals surface area contributed by atoms with Crippen LogP contribution in [-0.2, 0) is 25.7 Å². The lowest BCUT2D eigenvalue weighted by molar-refractivity contribution is 0.135. The van der Waals surface area contributed by atoms with Gasteiger partial charge in [-0.2, -0.15) is 0 Å². The third kappa shape index (κ3) is 4.43. The maximum Gasteiger partial charge on any atom is 0.296 e. The summed E-state index contributed by atoms with van der Waals surface area (Å²) in [6, 6.07) is 0. The molecule has 0 N–H and O–H groups in total. The summed E-state index contributed by atoms with van der Waals surface area (Å²) in [5.74, 6) is 0.558. The van der Waals surface area contributed by atoms with Crippen LogP contribution in [0.15, 0.2) is 5.16 Å². The van der Waals surface area contributed by atoms with Gasteiger partial charge in [-0.15, -0.1) is 10.2 Å². The van der Waals surface area contributed by atoms with Crippen molar-refractivity contribution in [2.45, 2.75) is 51.2 Å². The van der Waals surface area contributed by atoms with E-state index >= 15 is 0 Å². The molecule has 0 aromatic carbocycles. The molecule has 6 nitrogen and oxygen atoms in total. The predicted molar refractivity (Wildman–Crippen MR) is 72.9 cm³/mol. The fourth-order valence-electron chi connectivity index (χ4n) is 1.70. The molecule has 0 spiro atoms. The van der Waals surface area contributed by atoms with Crippen LogP contribution in [0, 0.1) is 0 Å². The highest BCUT2D eigenvalue weighted by molar-refractivity contribution is 8.13. The van der Waals surface area contributed by atoms with Gasteiger partial charge >= 0.3 is 0 Å². The van der Waals surface area contributed by atoms with Gasteiger partial charge in [-0.3, -0.25) is 4.57 Å². The minimum atomic E-state index is -3.91. The zero-order chi connectivity index (χ0) is 14.7. The molecule has 0 fully saturated rings. The Kier molecular flexibility index (Phi) is 5.34. The first-order valence-electron chi connectivity index (χ1n) is 6.15. The third-order valence-electron chi connectivity index (χ3n) is 2.41. The molecule has 0 aliphatic rings. The van der Waals surface area contributed by atoms with Gasteiger partial charge in [0.2, 0.25) is 0 Å². The molecule has 19 heavy (non-hydrogen) atoms. The summed E-state index contributed by atoms with van der Waals surface area (Å²) in [7, 11) is 1.47. The summed E-state index contributed by atoms with van der Waals surface area (Å²) in [5, 5.41) is 7.39. The molecule has 110 valence electrons. The quantitative estimate of drug-likeness (QED) is 0.593. The molecule has 0 unspecified atom stereocenters. The molecule has 0 saturated heterocycles. The number of hydrogen-bond acceptors (Lipinski definition) is 5. The maximum absolute atomic E-state index is 11.5. The number of nitrogens with zero attached hydrogens (tertiary/aromatic N) is 3. The van der Waals surface area contributed by atoms with Crippen molar-refractivity contribution in [1.82, 2.24) is 14.8 Å². The van der Waals surface area contributed by atoms with Crippen molar-refractivity contribution in [2.75, 3.05) is 13.2 Å². The van der Waals surface area contributed by atoms with Gasteiger partial charge in [0.25, 0.3) is 14.2 Å². The van der Waals surface area contributed by atoms with E-state index in [-0.39, 0.29) is 5.16 Å². The average molecular weight is 310 g/mol. The SMILES string of the molecule is CCCOCCc1nnc(S(=O)(=O)Cl)n1C(C)(C)C. The van der Waals surface area contributed by atoms with Gasteiger partial charge in [-0.1, -0.05) is 6.92 Å². The van der Waals surface area contributed by atoms with Crippen molar-refractivity contribution in [3.8, 4) is 0 Å². The highest BCUT2D eigenvalue weighted by atomic mass is 35.7. The predicted octanol–water partition coefficient (Wildman–Crippen LogP) is 1.93. The Bertz CT molecular complexity index is 520. The second kappa shape index (κ2) is 6.19. The summed E-state index contributed by atoms with van der Waals surface area (Å²) in [6.45, 7) is 8.79. The Labute approximate surface area is 118 Å². The molecular formula is C11H20ClN3O3S. The Morgan fingerprint density at radius 2 is 1.89 bits per heavy atom. The van der Waals surface area contributed by atoms with Crippen molar-refractivity contribution >= 4 is 19.7 Å². The zero-order valence-electron chi connectivity index (χ0n) is 11.7. The largest absolute Gasteiger partial charge is 0.381 e. The number of aromatic nitrogens is 3. The summed E-state index contributed by atoms with van der Waals surface area (Å²) < 4.78 is 29.9. The molecule has 0 saturated carbocycles. The van der Waals surface area contributed by atoms with Gasteiger partial charge in [0.15, 0.2) is 0 Å². The van der Waals surface area contributed by atoms with Crippen LogP contribution >= 0.6 is 10.7 Å². The fraction of sp³-hybridized carbons (Fsp3) is 0.818. The summed E-state index contributed by atoms with van der Waals surface area (Å²) in [5.41, 5.74) is -0.471. The van der Waals surface area contributed by atoms with Gasteiger partial charge in [0.05, 0.1) is 6.61 Å². The van der Waals surface area contributed by atoms with E-state index < -0.39 is 14.6 Å². The lowest BCUT2D eigenvalue weighted by Crippen LogP contribution is -2.27. The van der Waals surface area contributed by atoms with E-state index in [4.69, 9.17) is 15.4 Å². The number of ether oxygens (including phenoxy) is 1. The van der Waals surface area contributed by atoms with Crippen LogP contribution < -0.4 is 0 Å². The molecule has 1 heterocycles. The molecule has 8 heteroatoms. The van der Waals surface area contributed by atoms with Gasteiger partial charge in [-0.25, -0.2) is 8.42 Å². The van der Waals surface area contributed by atoms with E-state index in [0.717, 1.165) is 6.42 Å². The summed E-state index contributed by atoms with van der Waals surface area (Å²) in [6.07, 6.45) is 1.43. The highest BCUT2D eigenvalue weighted by Crippen LogP contribution is 2.23. The van der Waals surface area contributed by atoms with Gasteiger partial charge in [0, 0.05) is 29.2 Å². The topological polar surface area (TPSA) is 74.1 Å². The van der Waals surface area contributed by atoms with Crippen molar-refractivity contribution < 1.29 is 13.2 Å². The monoisotopic (exact) mass is 309 g/mol. The number of halogens is 1. The van der Waals surface area contributed by atoms with Gasteiger partial charge in [0.1, 0.15) is 5.82 Å². The van der Waals surface area contributed by atoms with Crippen LogP contribution in [0.5, 0.6) is 0 Å². The standard InChI is InChI=1S/C11H20ClN3O3S/c1-5-7-18-8-6-9-13-14-10(19(12,16)17)15(9)11(2,3)4/h5-8H2,1-4H3. The first-order valence-corrected chi connectivity index (χ1v) is 8.46. The molecule has 0 amide bonds. The lowest BCUT2D eigenvalue weighted by Gasteiger charge is -2.24. The summed E-state index contributed by atoms with van der Waals surface area (Å²) >= 11 is 0. The van der Waals surface area contributed by atoms with Crippen LogP contribution in [0.2, 0.25) is 0 Å². The average Bonchev–Trinajstić information content (AvgIpc) is 2.67. The summed E-state index contributed by atoms with van der Waals surface area (Å²) in [4.78, 5) is 0. The first-order chi connectivity index (χ1) is 8.68. The molecule has 1 rings (SSSR count). The van der Waals surface area contributed by atoms with E-state index in [9.17, 15) is 8.42 Å². The normalized spacial score (nSPS) is 12.9. The van der Waals surface area contributed by atoms with E-state index in [1.165, 1.54) is 0 Å². The molecule has 0 aliphatic heterocycles. The van der Waals surface area contributed by atoms with Crippen molar-refractivity contribution in [3.05, 3.63) is 5.82 Å². The van der Waals surface area contributed by atoms with E-state index in [0.29, 0.717) is 25.5 Å². The van der Waals surface area contributed by atoms with Gasteiger partial charge < -0.3 is 4.74 Å². The van der Waals surface area contributed by atoms with E-state index in [2.05, 4.69) is 10.2 Å². The minimum Gasteiger partial charge on any atom is -0.381 e. The molecule has 0 atom stereocenters. The van der Waals surface area contributed by atoms with E-state index in [1.54, 1.807) is 4.57 Å². The van der Waals surface area contributed by atoms with Crippen LogP contribution in [0.1, 0.15) is 39.9 Å². The van der Waals surface area contributed by atoms with Gasteiger partial charge in [-0.05, 0) is 27.2 Å². The van der Waals surface area contributed by atoms with Crippen LogP contribution in [-0.4, -0.2) is 36.4 Å². The molecule has 0 radical (unpaired) electrons. The fourth-order valence-corrected chi connectivity index (χ4v) is 2.74. The Morgan fingerprint density at radius 3 is 2.37 bits per heavy atom. The molecule has 0 aliphatic carbocycles. The first kappa shape index (κ1) is 16.4. The van der Waals surface area contributed by atoms with Crippen molar-refractivity contribution in [3.63, 3.8) is 0 Å². The number of rotatable bonds is 6. The van der Waals surface area contributed by atoms with E-state index in [1.807, 2.05) is 27.7 Å². The molecular weight excluding hydrogens is 290 g/mol. The number of hydrogen-bond donors (Lipinski definition) is 0. The van der Waals surface area contributed by atoms with Crippen LogP contribution in [0.3, 0.4) is 0 Å². The maximum atomic E-state index is 11.5. The van der Waals surface area contributed by atoms with Crippen LogP contribution in [0.4, 0.5) is 0 Å². The second-order valence-electron chi connectivity index (χ2n) is 5.21. The third-order valence-corrected chi connectivity index (χ3v) is 3.52. The zero-order valence-corrected chi connectivity index (χ0v) is 13.3. The smallest absolute Gasteiger partial charge is 0.296 e. The lowest BCUT2D eigenvalue weighted by atomic mass is 10.1. The second-order valence-corrected chi connectivity index (χ2v) is 7.66. The molecule has 1 aromatic rings. The molecule has 1 aromatic heterocycles. The molecule has 0 bridgehead atoms. The van der Waals surface area contributed by atoms with Crippen molar-refractivity contribution in [1.29, 1.82) is 0 Å². The Morgan fingerprint density at radius 1 is 1.26 bits per heavy atom.